The van der Waals surface area contributed by atoms with E-state index in [2.05, 4.69) is 30.3 Å². The van der Waals surface area contributed by atoms with Crippen molar-refractivity contribution >= 4 is 5.91 Å². The zero-order chi connectivity index (χ0) is 11.8. The maximum Gasteiger partial charge on any atom is 0.275 e. The average Bonchev–Trinajstić information content (AvgIpc) is 2.34. The summed E-state index contributed by atoms with van der Waals surface area (Å²) in [5.74, 6) is 2.34. The number of terminal acetylenes is 1. The van der Waals surface area contributed by atoms with E-state index >= 15 is 0 Å². The number of quaternary nitrogens is 1. The summed E-state index contributed by atoms with van der Waals surface area (Å²) in [6.45, 7) is 2.77. The molecule has 1 amide bonds. The molecule has 0 fully saturated rings. The van der Waals surface area contributed by atoms with Gasteiger partial charge in [-0.05, 0) is 6.92 Å². The average molecular weight is 217 g/mol. The molecular weight excluding hydrogens is 200 g/mol. The van der Waals surface area contributed by atoms with Crippen molar-refractivity contribution in [3.8, 4) is 12.3 Å². The van der Waals surface area contributed by atoms with Crippen LogP contribution in [0.15, 0.2) is 30.3 Å². The van der Waals surface area contributed by atoms with E-state index in [1.165, 1.54) is 5.56 Å². The molecule has 0 unspecified atom stereocenters. The Morgan fingerprint density at radius 2 is 2.19 bits per heavy atom. The van der Waals surface area contributed by atoms with Gasteiger partial charge >= 0.3 is 0 Å². The van der Waals surface area contributed by atoms with Crippen LogP contribution in [0.1, 0.15) is 18.5 Å². The molecule has 0 aliphatic rings. The van der Waals surface area contributed by atoms with Crippen molar-refractivity contribution in [1.29, 1.82) is 0 Å². The molecule has 3 nitrogen and oxygen atoms in total. The van der Waals surface area contributed by atoms with Gasteiger partial charge in [-0.15, -0.1) is 6.42 Å². The molecule has 0 aliphatic heterocycles. The highest BCUT2D eigenvalue weighted by Crippen LogP contribution is 2.05. The van der Waals surface area contributed by atoms with Crippen LogP contribution >= 0.6 is 0 Å². The van der Waals surface area contributed by atoms with Crippen LogP contribution in [0.5, 0.6) is 0 Å². The standard InChI is InChI=1S/C13H16N2O/c1-3-9-14-13(16)10-15-11(2)12-7-5-4-6-8-12/h1,4-8,11,15H,9-10H2,2H3,(H,14,16)/p+1/t11-/m1/s1. The van der Waals surface area contributed by atoms with Gasteiger partial charge < -0.3 is 10.6 Å². The molecule has 0 spiro atoms. The Morgan fingerprint density at radius 3 is 2.81 bits per heavy atom. The summed E-state index contributed by atoms with van der Waals surface area (Å²) >= 11 is 0. The zero-order valence-electron chi connectivity index (χ0n) is 9.44. The number of benzene rings is 1. The third kappa shape index (κ3) is 4.16. The highest BCUT2D eigenvalue weighted by atomic mass is 16.1. The van der Waals surface area contributed by atoms with Gasteiger partial charge in [0.2, 0.25) is 0 Å². The first-order valence-electron chi connectivity index (χ1n) is 5.32. The second-order valence-electron chi connectivity index (χ2n) is 3.62. The zero-order valence-corrected chi connectivity index (χ0v) is 9.44. The molecule has 16 heavy (non-hydrogen) atoms. The lowest BCUT2D eigenvalue weighted by Crippen LogP contribution is -2.87. The van der Waals surface area contributed by atoms with E-state index < -0.39 is 0 Å². The maximum absolute atomic E-state index is 11.3. The maximum atomic E-state index is 11.3. The second kappa shape index (κ2) is 6.65. The van der Waals surface area contributed by atoms with Crippen LogP contribution in [-0.4, -0.2) is 19.0 Å². The van der Waals surface area contributed by atoms with Crippen LogP contribution in [0.2, 0.25) is 0 Å². The number of nitrogens with one attached hydrogen (secondary N) is 1. The van der Waals surface area contributed by atoms with Crippen LogP contribution in [-0.2, 0) is 4.79 Å². The minimum atomic E-state index is -0.0271. The van der Waals surface area contributed by atoms with Crippen molar-refractivity contribution in [3.63, 3.8) is 0 Å². The third-order valence-corrected chi connectivity index (χ3v) is 2.37. The fourth-order valence-electron chi connectivity index (χ4n) is 1.40. The normalized spacial score (nSPS) is 11.5. The first-order chi connectivity index (χ1) is 7.74. The number of hydrogen-bond donors (Lipinski definition) is 2. The Balaban J connectivity index is 2.33. The Bertz CT molecular complexity index is 367. The molecule has 0 saturated heterocycles. The number of hydrogen-bond acceptors (Lipinski definition) is 1. The molecule has 1 aromatic rings. The van der Waals surface area contributed by atoms with E-state index in [1.54, 1.807) is 0 Å². The smallest absolute Gasteiger partial charge is 0.275 e. The summed E-state index contributed by atoms with van der Waals surface area (Å²) < 4.78 is 0. The predicted octanol–water partition coefficient (Wildman–Crippen LogP) is 0.0604. The minimum absolute atomic E-state index is 0.0271. The number of nitrogens with two attached hydrogens (primary N) is 1. The molecular formula is C13H17N2O+. The quantitative estimate of drug-likeness (QED) is 0.673. The van der Waals surface area contributed by atoms with Gasteiger partial charge in [-0.2, -0.15) is 0 Å². The van der Waals surface area contributed by atoms with Gasteiger partial charge in [0.1, 0.15) is 6.04 Å². The van der Waals surface area contributed by atoms with E-state index in [-0.39, 0.29) is 11.9 Å². The summed E-state index contributed by atoms with van der Waals surface area (Å²) in [4.78, 5) is 11.3. The molecule has 1 atom stereocenters. The third-order valence-electron chi connectivity index (χ3n) is 2.37. The molecule has 3 heteroatoms. The van der Waals surface area contributed by atoms with Crippen molar-refractivity contribution in [2.75, 3.05) is 13.1 Å². The van der Waals surface area contributed by atoms with Gasteiger partial charge in [-0.3, -0.25) is 4.79 Å². The van der Waals surface area contributed by atoms with E-state index in [4.69, 9.17) is 6.42 Å². The first-order valence-corrected chi connectivity index (χ1v) is 5.32. The molecule has 1 rings (SSSR count). The van der Waals surface area contributed by atoms with Gasteiger partial charge in [-0.1, -0.05) is 36.3 Å². The van der Waals surface area contributed by atoms with Crippen LogP contribution < -0.4 is 10.6 Å². The van der Waals surface area contributed by atoms with Crippen molar-refractivity contribution in [2.24, 2.45) is 0 Å². The monoisotopic (exact) mass is 217 g/mol. The molecule has 1 aromatic carbocycles. The van der Waals surface area contributed by atoms with Crippen molar-refractivity contribution in [2.45, 2.75) is 13.0 Å². The van der Waals surface area contributed by atoms with Crippen LogP contribution in [0.3, 0.4) is 0 Å². The van der Waals surface area contributed by atoms with Gasteiger partial charge in [0.05, 0.1) is 6.54 Å². The van der Waals surface area contributed by atoms with Gasteiger partial charge in [-0.25, -0.2) is 0 Å². The van der Waals surface area contributed by atoms with E-state index in [1.807, 2.05) is 23.5 Å². The summed E-state index contributed by atoms with van der Waals surface area (Å²) in [6, 6.07) is 10.4. The van der Waals surface area contributed by atoms with Crippen molar-refractivity contribution in [3.05, 3.63) is 35.9 Å². The van der Waals surface area contributed by atoms with Gasteiger partial charge in [0.25, 0.3) is 5.91 Å². The van der Waals surface area contributed by atoms with Crippen molar-refractivity contribution < 1.29 is 10.1 Å². The Labute approximate surface area is 96.2 Å². The number of rotatable bonds is 5. The first kappa shape index (κ1) is 12.3. The molecule has 0 saturated carbocycles. The molecule has 3 N–H and O–H groups in total. The van der Waals surface area contributed by atoms with Crippen LogP contribution in [0.25, 0.3) is 0 Å². The lowest BCUT2D eigenvalue weighted by atomic mass is 10.1. The van der Waals surface area contributed by atoms with Crippen LogP contribution in [0, 0.1) is 12.3 Å². The SMILES string of the molecule is C#CCNC(=O)C[NH2+][C@H](C)c1ccccc1. The van der Waals surface area contributed by atoms with Crippen LogP contribution in [0.4, 0.5) is 0 Å². The Hall–Kier alpha value is -1.79. The molecule has 0 aliphatic carbocycles. The summed E-state index contributed by atoms with van der Waals surface area (Å²) in [5, 5.41) is 4.62. The number of carbonyl (C=O) groups excluding carboxylic acids is 1. The summed E-state index contributed by atoms with van der Waals surface area (Å²) in [5.41, 5.74) is 1.22. The fourth-order valence-corrected chi connectivity index (χ4v) is 1.40. The topological polar surface area (TPSA) is 45.7 Å². The molecule has 0 heterocycles. The fraction of sp³-hybridized carbons (Fsp3) is 0.308. The number of amides is 1. The predicted molar refractivity (Wildman–Crippen MR) is 63.5 cm³/mol. The second-order valence-corrected chi connectivity index (χ2v) is 3.62. The van der Waals surface area contributed by atoms with E-state index in [0.717, 1.165) is 0 Å². The van der Waals surface area contributed by atoms with Gasteiger partial charge in [0, 0.05) is 5.56 Å². The molecule has 0 bridgehead atoms. The summed E-state index contributed by atoms with van der Waals surface area (Å²) in [7, 11) is 0. The highest BCUT2D eigenvalue weighted by molar-refractivity contribution is 5.76. The largest absolute Gasteiger partial charge is 0.340 e. The molecule has 84 valence electrons. The molecule has 0 radical (unpaired) electrons. The lowest BCUT2D eigenvalue weighted by Gasteiger charge is -2.10. The Kier molecular flexibility index (Phi) is 5.10. The summed E-state index contributed by atoms with van der Waals surface area (Å²) in [6.07, 6.45) is 5.05. The molecule has 0 aromatic heterocycles. The van der Waals surface area contributed by atoms with E-state index in [0.29, 0.717) is 13.1 Å². The minimum Gasteiger partial charge on any atom is -0.340 e. The highest BCUT2D eigenvalue weighted by Gasteiger charge is 2.09. The van der Waals surface area contributed by atoms with E-state index in [9.17, 15) is 4.79 Å². The number of carbonyl (C=O) groups is 1. The van der Waals surface area contributed by atoms with Crippen molar-refractivity contribution in [1.82, 2.24) is 5.32 Å². The van der Waals surface area contributed by atoms with Gasteiger partial charge in [0.15, 0.2) is 6.54 Å². The lowest BCUT2D eigenvalue weighted by molar-refractivity contribution is -0.682. The Morgan fingerprint density at radius 1 is 1.50 bits per heavy atom.